The summed E-state index contributed by atoms with van der Waals surface area (Å²) in [6.45, 7) is 11.0. The summed E-state index contributed by atoms with van der Waals surface area (Å²) in [5, 5.41) is 7.83. The second-order valence-electron chi connectivity index (χ2n) is 8.15. The normalized spacial score (nSPS) is 13.8. The molecule has 1 aliphatic rings. The highest BCUT2D eigenvalue weighted by molar-refractivity contribution is 5.79. The maximum Gasteiger partial charge on any atom is 0.227 e. The minimum atomic E-state index is 0.325. The van der Waals surface area contributed by atoms with E-state index in [9.17, 15) is 0 Å². The van der Waals surface area contributed by atoms with Gasteiger partial charge < -0.3 is 14.8 Å². The van der Waals surface area contributed by atoms with E-state index in [0.717, 1.165) is 54.5 Å². The van der Waals surface area contributed by atoms with Gasteiger partial charge in [-0.25, -0.2) is 15.0 Å². The first-order valence-corrected chi connectivity index (χ1v) is 10.8. The third-order valence-corrected chi connectivity index (χ3v) is 5.78. The lowest BCUT2D eigenvalue weighted by Crippen LogP contribution is -2.32. The predicted molar refractivity (Wildman–Crippen MR) is 121 cm³/mol. The van der Waals surface area contributed by atoms with Crippen LogP contribution in [0, 0.1) is 6.92 Å². The molecular weight excluding hydrogens is 390 g/mol. The highest BCUT2D eigenvalue weighted by atomic mass is 15.3. The van der Waals surface area contributed by atoms with Crippen LogP contribution in [0.15, 0.2) is 30.7 Å². The van der Waals surface area contributed by atoms with Crippen LogP contribution in [0.25, 0.3) is 11.0 Å². The number of hydrogen-bond acceptors (Lipinski definition) is 7. The van der Waals surface area contributed by atoms with E-state index in [-0.39, 0.29) is 0 Å². The number of nitrogens with one attached hydrogen (secondary N) is 1. The molecule has 0 unspecified atom stereocenters. The van der Waals surface area contributed by atoms with E-state index in [1.54, 1.807) is 6.20 Å². The van der Waals surface area contributed by atoms with Crippen molar-refractivity contribution in [2.45, 2.75) is 53.2 Å². The number of imidazole rings is 1. The molecule has 0 spiro atoms. The second-order valence-corrected chi connectivity index (χ2v) is 8.15. The molecular formula is C22H27N9. The second kappa shape index (κ2) is 7.64. The largest absolute Gasteiger partial charge is 0.335 e. The fourth-order valence-electron chi connectivity index (χ4n) is 4.34. The van der Waals surface area contributed by atoms with Gasteiger partial charge in [0.25, 0.3) is 0 Å². The number of hydrogen-bond donors (Lipinski definition) is 1. The van der Waals surface area contributed by atoms with Crippen LogP contribution < -0.4 is 10.2 Å². The average molecular weight is 418 g/mol. The Morgan fingerprint density at radius 1 is 1.13 bits per heavy atom. The van der Waals surface area contributed by atoms with Gasteiger partial charge >= 0.3 is 0 Å². The zero-order valence-corrected chi connectivity index (χ0v) is 18.4. The summed E-state index contributed by atoms with van der Waals surface area (Å²) >= 11 is 0. The molecule has 0 saturated carbocycles. The number of aryl methyl sites for hydroxylation is 2. The molecule has 0 bridgehead atoms. The molecule has 9 heteroatoms. The van der Waals surface area contributed by atoms with Crippen LogP contribution in [0.5, 0.6) is 0 Å². The molecule has 0 fully saturated rings. The van der Waals surface area contributed by atoms with E-state index in [1.165, 1.54) is 11.3 Å². The molecule has 0 aliphatic carbocycles. The van der Waals surface area contributed by atoms with Crippen molar-refractivity contribution in [1.82, 2.24) is 34.3 Å². The van der Waals surface area contributed by atoms with Crippen LogP contribution in [-0.4, -0.2) is 40.8 Å². The Hall–Kier alpha value is -3.49. The third kappa shape index (κ3) is 3.49. The molecule has 5 heterocycles. The van der Waals surface area contributed by atoms with Crippen LogP contribution in [0.2, 0.25) is 0 Å². The van der Waals surface area contributed by atoms with Crippen molar-refractivity contribution in [2.24, 2.45) is 0 Å². The smallest absolute Gasteiger partial charge is 0.227 e. The molecule has 31 heavy (non-hydrogen) atoms. The molecule has 1 aliphatic heterocycles. The van der Waals surface area contributed by atoms with Crippen molar-refractivity contribution < 1.29 is 0 Å². The molecule has 1 N–H and O–H groups in total. The minimum absolute atomic E-state index is 0.325. The molecule has 9 nitrogen and oxygen atoms in total. The van der Waals surface area contributed by atoms with E-state index in [1.807, 2.05) is 31.5 Å². The SMILES string of the molecule is CCn1ncc2c1CN(c1nccc(Nc3cc4c(cn3)nc(C)n4C(C)C)n1)CC2. The molecule has 0 saturated heterocycles. The van der Waals surface area contributed by atoms with E-state index in [4.69, 9.17) is 4.98 Å². The standard InChI is InChI=1S/C22H27N9/c1-5-30-19-13-29(9-7-16(19)11-25-30)22-23-8-6-20(28-22)27-21-10-18-17(12-24-21)26-15(4)31(18)14(2)3/h6,8,10-12,14H,5,7,9,13H2,1-4H3,(H,23,24,27,28). The maximum atomic E-state index is 4.76. The monoisotopic (exact) mass is 417 g/mol. The Morgan fingerprint density at radius 3 is 2.81 bits per heavy atom. The van der Waals surface area contributed by atoms with Gasteiger partial charge in [0.2, 0.25) is 5.95 Å². The Bertz CT molecular complexity index is 1220. The van der Waals surface area contributed by atoms with Gasteiger partial charge in [-0.3, -0.25) is 4.68 Å². The number of fused-ring (bicyclic) bond motifs is 2. The minimum Gasteiger partial charge on any atom is -0.335 e. The number of rotatable bonds is 5. The summed E-state index contributed by atoms with van der Waals surface area (Å²) in [4.78, 5) is 20.6. The zero-order valence-electron chi connectivity index (χ0n) is 18.4. The van der Waals surface area contributed by atoms with Crippen LogP contribution in [0.1, 0.15) is 43.9 Å². The first-order chi connectivity index (χ1) is 15.0. The average Bonchev–Trinajstić information content (AvgIpc) is 3.32. The lowest BCUT2D eigenvalue weighted by Gasteiger charge is -2.27. The molecule has 5 rings (SSSR count). The summed E-state index contributed by atoms with van der Waals surface area (Å²) in [7, 11) is 0. The summed E-state index contributed by atoms with van der Waals surface area (Å²) in [6.07, 6.45) is 6.54. The van der Waals surface area contributed by atoms with Gasteiger partial charge in [0.05, 0.1) is 30.1 Å². The summed E-state index contributed by atoms with van der Waals surface area (Å²) in [5.74, 6) is 3.16. The summed E-state index contributed by atoms with van der Waals surface area (Å²) < 4.78 is 4.28. The fraction of sp³-hybridized carbons (Fsp3) is 0.409. The number of pyridine rings is 1. The van der Waals surface area contributed by atoms with Crippen LogP contribution in [-0.2, 0) is 19.5 Å². The molecule has 0 aromatic carbocycles. The fourth-order valence-corrected chi connectivity index (χ4v) is 4.34. The van der Waals surface area contributed by atoms with Crippen LogP contribution >= 0.6 is 0 Å². The van der Waals surface area contributed by atoms with Gasteiger partial charge in [-0.1, -0.05) is 0 Å². The molecule has 0 amide bonds. The Morgan fingerprint density at radius 2 is 2.00 bits per heavy atom. The quantitative estimate of drug-likeness (QED) is 0.530. The molecule has 4 aromatic rings. The van der Waals surface area contributed by atoms with Gasteiger partial charge in [-0.15, -0.1) is 0 Å². The summed E-state index contributed by atoms with van der Waals surface area (Å²) in [6, 6.07) is 4.22. The van der Waals surface area contributed by atoms with Crippen molar-refractivity contribution >= 4 is 28.6 Å². The van der Waals surface area contributed by atoms with Crippen molar-refractivity contribution in [1.29, 1.82) is 0 Å². The first kappa shape index (κ1) is 19.5. The van der Waals surface area contributed by atoms with Gasteiger partial charge in [0.1, 0.15) is 23.0 Å². The maximum absolute atomic E-state index is 4.76. The van der Waals surface area contributed by atoms with Gasteiger partial charge in [-0.2, -0.15) is 10.1 Å². The Labute approximate surface area is 181 Å². The van der Waals surface area contributed by atoms with Gasteiger partial charge in [0.15, 0.2) is 0 Å². The lowest BCUT2D eigenvalue weighted by molar-refractivity contribution is 0.589. The Kier molecular flexibility index (Phi) is 4.80. The van der Waals surface area contributed by atoms with Crippen molar-refractivity contribution in [3.8, 4) is 0 Å². The molecule has 0 atom stereocenters. The van der Waals surface area contributed by atoms with Gasteiger partial charge in [0, 0.05) is 31.4 Å². The topological polar surface area (TPSA) is 89.6 Å². The predicted octanol–water partition coefficient (Wildman–Crippen LogP) is 3.63. The first-order valence-electron chi connectivity index (χ1n) is 10.8. The van der Waals surface area contributed by atoms with Crippen LogP contribution in [0.3, 0.4) is 0 Å². The van der Waals surface area contributed by atoms with Crippen LogP contribution in [0.4, 0.5) is 17.6 Å². The van der Waals surface area contributed by atoms with E-state index < -0.39 is 0 Å². The Balaban J connectivity index is 1.40. The molecule has 160 valence electrons. The van der Waals surface area contributed by atoms with E-state index in [2.05, 4.69) is 60.3 Å². The van der Waals surface area contributed by atoms with Gasteiger partial charge in [-0.05, 0) is 45.7 Å². The summed E-state index contributed by atoms with van der Waals surface area (Å²) in [5.41, 5.74) is 4.54. The highest BCUT2D eigenvalue weighted by Gasteiger charge is 2.22. The number of nitrogens with zero attached hydrogens (tertiary/aromatic N) is 8. The number of anilines is 3. The van der Waals surface area contributed by atoms with Crippen molar-refractivity contribution in [2.75, 3.05) is 16.8 Å². The number of aromatic nitrogens is 7. The van der Waals surface area contributed by atoms with E-state index in [0.29, 0.717) is 12.0 Å². The highest BCUT2D eigenvalue weighted by Crippen LogP contribution is 2.25. The van der Waals surface area contributed by atoms with E-state index >= 15 is 0 Å². The zero-order chi connectivity index (χ0) is 21.5. The van der Waals surface area contributed by atoms with Crippen molar-refractivity contribution in [3.63, 3.8) is 0 Å². The molecule has 4 aromatic heterocycles. The lowest BCUT2D eigenvalue weighted by atomic mass is 10.1. The van der Waals surface area contributed by atoms with Crippen molar-refractivity contribution in [3.05, 3.63) is 47.8 Å². The third-order valence-electron chi connectivity index (χ3n) is 5.78. The molecule has 0 radical (unpaired) electrons.